The summed E-state index contributed by atoms with van der Waals surface area (Å²) in [4.78, 5) is 0. The normalized spacial score (nSPS) is 18.9. The van der Waals surface area contributed by atoms with Gasteiger partial charge in [-0.1, -0.05) is 115 Å². The first-order valence-electron chi connectivity index (χ1n) is 13.5. The molecular formula is C31H46O2. The topological polar surface area (TPSA) is 29.5 Å². The van der Waals surface area contributed by atoms with E-state index >= 15 is 0 Å². The van der Waals surface area contributed by atoms with Gasteiger partial charge >= 0.3 is 0 Å². The molecule has 2 atom stereocenters. The lowest BCUT2D eigenvalue weighted by molar-refractivity contribution is 0.118. The van der Waals surface area contributed by atoms with E-state index in [1.807, 2.05) is 6.07 Å². The lowest BCUT2D eigenvalue weighted by Gasteiger charge is -2.30. The SMILES string of the molecule is CCCCCCCCCC(C)(C)c1ccc([C@@H]2CCC[C@@H](O)C2)c(OCc2ccccc2)c1. The van der Waals surface area contributed by atoms with Gasteiger partial charge in [-0.2, -0.15) is 0 Å². The Morgan fingerprint density at radius 1 is 0.909 bits per heavy atom. The molecule has 1 N–H and O–H groups in total. The Morgan fingerprint density at radius 2 is 1.64 bits per heavy atom. The number of unbranched alkanes of at least 4 members (excludes halogenated alkanes) is 6. The van der Waals surface area contributed by atoms with Crippen LogP contribution < -0.4 is 4.74 Å². The van der Waals surface area contributed by atoms with Crippen LogP contribution in [0.25, 0.3) is 0 Å². The molecule has 2 heteroatoms. The lowest BCUT2D eigenvalue weighted by atomic mass is 9.77. The van der Waals surface area contributed by atoms with Gasteiger partial charge in [-0.15, -0.1) is 0 Å². The average Bonchev–Trinajstić information content (AvgIpc) is 2.82. The highest BCUT2D eigenvalue weighted by Crippen LogP contribution is 2.41. The average molecular weight is 451 g/mol. The van der Waals surface area contributed by atoms with Crippen LogP contribution in [-0.2, 0) is 12.0 Å². The number of aliphatic hydroxyl groups is 1. The second-order valence-corrected chi connectivity index (χ2v) is 10.8. The molecule has 3 rings (SSSR count). The molecule has 33 heavy (non-hydrogen) atoms. The first-order chi connectivity index (χ1) is 16.0. The van der Waals surface area contributed by atoms with Crippen molar-refractivity contribution in [2.45, 2.75) is 122 Å². The molecule has 0 bridgehead atoms. The van der Waals surface area contributed by atoms with Crippen molar-refractivity contribution in [3.05, 3.63) is 65.2 Å². The Kier molecular flexibility index (Phi) is 10.3. The van der Waals surface area contributed by atoms with Crippen molar-refractivity contribution in [1.82, 2.24) is 0 Å². The zero-order valence-corrected chi connectivity index (χ0v) is 21.3. The Balaban J connectivity index is 1.69. The third kappa shape index (κ3) is 8.18. The van der Waals surface area contributed by atoms with Gasteiger partial charge in [0.25, 0.3) is 0 Å². The second-order valence-electron chi connectivity index (χ2n) is 10.8. The number of ether oxygens (including phenoxy) is 1. The van der Waals surface area contributed by atoms with E-state index in [2.05, 4.69) is 63.2 Å². The van der Waals surface area contributed by atoms with E-state index in [4.69, 9.17) is 4.74 Å². The highest BCUT2D eigenvalue weighted by atomic mass is 16.5. The maximum Gasteiger partial charge on any atom is 0.123 e. The molecular weight excluding hydrogens is 404 g/mol. The quantitative estimate of drug-likeness (QED) is 0.309. The molecule has 0 radical (unpaired) electrons. The van der Waals surface area contributed by atoms with Crippen LogP contribution in [0.1, 0.15) is 120 Å². The van der Waals surface area contributed by atoms with Gasteiger partial charge in [0.15, 0.2) is 0 Å². The van der Waals surface area contributed by atoms with Crippen LogP contribution in [-0.4, -0.2) is 11.2 Å². The van der Waals surface area contributed by atoms with E-state index in [1.165, 1.54) is 68.1 Å². The predicted molar refractivity (Wildman–Crippen MR) is 140 cm³/mol. The molecule has 2 aromatic rings. The van der Waals surface area contributed by atoms with Gasteiger partial charge in [0.05, 0.1) is 6.10 Å². The second kappa shape index (κ2) is 13.2. The molecule has 2 nitrogen and oxygen atoms in total. The fraction of sp³-hybridized carbons (Fsp3) is 0.613. The van der Waals surface area contributed by atoms with E-state index in [1.54, 1.807) is 0 Å². The van der Waals surface area contributed by atoms with Gasteiger partial charge in [0, 0.05) is 0 Å². The van der Waals surface area contributed by atoms with Crippen molar-refractivity contribution in [2.24, 2.45) is 0 Å². The summed E-state index contributed by atoms with van der Waals surface area (Å²) in [5, 5.41) is 10.3. The molecule has 0 amide bonds. The van der Waals surface area contributed by atoms with Crippen molar-refractivity contribution in [2.75, 3.05) is 0 Å². The molecule has 1 fully saturated rings. The van der Waals surface area contributed by atoms with Gasteiger partial charge in [0.2, 0.25) is 0 Å². The standard InChI is InChI=1S/C31H46O2/c1-4-5-6-7-8-9-13-21-31(2,3)27-19-20-29(26-17-14-18-28(32)22-26)30(23-27)33-24-25-15-11-10-12-16-25/h10-12,15-16,19-20,23,26,28,32H,4-9,13-14,17-18,21-22,24H2,1-3H3/t26-,28-/m1/s1. The van der Waals surface area contributed by atoms with E-state index in [0.29, 0.717) is 12.5 Å². The van der Waals surface area contributed by atoms with Crippen molar-refractivity contribution in [1.29, 1.82) is 0 Å². The van der Waals surface area contributed by atoms with Gasteiger partial charge in [-0.3, -0.25) is 0 Å². The minimum absolute atomic E-state index is 0.138. The van der Waals surface area contributed by atoms with Crippen LogP contribution in [0.3, 0.4) is 0 Å². The van der Waals surface area contributed by atoms with Gasteiger partial charge in [0.1, 0.15) is 12.4 Å². The molecule has 0 aromatic heterocycles. The molecule has 1 aliphatic rings. The highest BCUT2D eigenvalue weighted by molar-refractivity contribution is 5.43. The minimum Gasteiger partial charge on any atom is -0.489 e. The van der Waals surface area contributed by atoms with Crippen molar-refractivity contribution >= 4 is 0 Å². The minimum atomic E-state index is -0.181. The summed E-state index contributed by atoms with van der Waals surface area (Å²) in [6.45, 7) is 7.63. The Morgan fingerprint density at radius 3 is 2.36 bits per heavy atom. The van der Waals surface area contributed by atoms with Crippen molar-refractivity contribution in [3.63, 3.8) is 0 Å². The van der Waals surface area contributed by atoms with E-state index < -0.39 is 0 Å². The number of hydrogen-bond donors (Lipinski definition) is 1. The Labute approximate surface area is 202 Å². The highest BCUT2D eigenvalue weighted by Gasteiger charge is 2.27. The number of rotatable bonds is 13. The third-order valence-corrected chi connectivity index (χ3v) is 7.52. The Bertz CT molecular complexity index is 811. The van der Waals surface area contributed by atoms with Crippen molar-refractivity contribution < 1.29 is 9.84 Å². The molecule has 0 aliphatic heterocycles. The molecule has 0 spiro atoms. The fourth-order valence-electron chi connectivity index (χ4n) is 5.27. The predicted octanol–water partition coefficient (Wildman–Crippen LogP) is 8.70. The van der Waals surface area contributed by atoms with Gasteiger partial charge in [-0.05, 0) is 59.8 Å². The molecule has 1 aliphatic carbocycles. The van der Waals surface area contributed by atoms with Crippen LogP contribution >= 0.6 is 0 Å². The molecule has 0 saturated heterocycles. The zero-order chi connectivity index (χ0) is 23.5. The van der Waals surface area contributed by atoms with Crippen LogP contribution in [0, 0.1) is 0 Å². The molecule has 182 valence electrons. The summed E-state index contributed by atoms with van der Waals surface area (Å²) in [5.74, 6) is 1.41. The van der Waals surface area contributed by atoms with Crippen molar-refractivity contribution in [3.8, 4) is 5.75 Å². The number of benzene rings is 2. The molecule has 0 unspecified atom stereocenters. The monoisotopic (exact) mass is 450 g/mol. The summed E-state index contributed by atoms with van der Waals surface area (Å²) in [6, 6.07) is 17.4. The molecule has 1 saturated carbocycles. The lowest BCUT2D eigenvalue weighted by Crippen LogP contribution is -2.20. The molecule has 2 aromatic carbocycles. The van der Waals surface area contributed by atoms with Gasteiger partial charge < -0.3 is 9.84 Å². The van der Waals surface area contributed by atoms with Crippen LogP contribution in [0.15, 0.2) is 48.5 Å². The van der Waals surface area contributed by atoms with E-state index in [0.717, 1.165) is 31.4 Å². The Hall–Kier alpha value is -1.80. The third-order valence-electron chi connectivity index (χ3n) is 7.52. The maximum atomic E-state index is 10.3. The summed E-state index contributed by atoms with van der Waals surface area (Å²) in [6.07, 6.45) is 14.5. The summed E-state index contributed by atoms with van der Waals surface area (Å²) < 4.78 is 6.45. The fourth-order valence-corrected chi connectivity index (χ4v) is 5.27. The summed E-state index contributed by atoms with van der Waals surface area (Å²) in [5.41, 5.74) is 3.98. The van der Waals surface area contributed by atoms with Crippen LogP contribution in [0.2, 0.25) is 0 Å². The first-order valence-corrected chi connectivity index (χ1v) is 13.5. The molecule has 0 heterocycles. The maximum absolute atomic E-state index is 10.3. The first kappa shape index (κ1) is 25.8. The van der Waals surface area contributed by atoms with Crippen LogP contribution in [0.4, 0.5) is 0 Å². The summed E-state index contributed by atoms with van der Waals surface area (Å²) in [7, 11) is 0. The summed E-state index contributed by atoms with van der Waals surface area (Å²) >= 11 is 0. The number of hydrogen-bond acceptors (Lipinski definition) is 2. The van der Waals surface area contributed by atoms with Gasteiger partial charge in [-0.25, -0.2) is 0 Å². The smallest absolute Gasteiger partial charge is 0.123 e. The van der Waals surface area contributed by atoms with E-state index in [9.17, 15) is 5.11 Å². The van der Waals surface area contributed by atoms with Crippen LogP contribution in [0.5, 0.6) is 5.75 Å². The zero-order valence-electron chi connectivity index (χ0n) is 21.3. The number of aliphatic hydroxyl groups excluding tert-OH is 1. The largest absolute Gasteiger partial charge is 0.489 e. The van der Waals surface area contributed by atoms with E-state index in [-0.39, 0.29) is 11.5 Å².